The van der Waals surface area contributed by atoms with Crippen molar-refractivity contribution < 1.29 is 9.53 Å². The quantitative estimate of drug-likeness (QED) is 0.577. The number of rotatable bonds is 8. The fraction of sp³-hybridized carbons (Fsp3) is 0.364. The van der Waals surface area contributed by atoms with E-state index >= 15 is 0 Å². The number of nitrogens with one attached hydrogen (secondary N) is 2. The number of nitrogens with zero attached hydrogens (tertiary/aromatic N) is 5. The van der Waals surface area contributed by atoms with Crippen molar-refractivity contribution in [2.45, 2.75) is 39.4 Å². The first-order valence-electron chi connectivity index (χ1n) is 10.4. The summed E-state index contributed by atoms with van der Waals surface area (Å²) >= 11 is 0. The first-order valence-corrected chi connectivity index (χ1v) is 10.4. The van der Waals surface area contributed by atoms with Gasteiger partial charge in [0.05, 0.1) is 19.0 Å². The van der Waals surface area contributed by atoms with Crippen molar-refractivity contribution in [3.05, 3.63) is 54.0 Å². The largest absolute Gasteiger partial charge is 0.494 e. The van der Waals surface area contributed by atoms with Gasteiger partial charge in [-0.3, -0.25) is 9.48 Å². The van der Waals surface area contributed by atoms with E-state index in [0.29, 0.717) is 30.6 Å². The highest BCUT2D eigenvalue weighted by molar-refractivity contribution is 6.02. The number of anilines is 3. The van der Waals surface area contributed by atoms with Gasteiger partial charge in [-0.25, -0.2) is 4.98 Å². The molecule has 4 rings (SSSR count). The number of carbonyl (C=O) groups is 1. The average molecular weight is 422 g/mol. The molecule has 0 radical (unpaired) electrons. The summed E-state index contributed by atoms with van der Waals surface area (Å²) in [7, 11) is 1.85. The Morgan fingerprint density at radius 3 is 2.77 bits per heavy atom. The summed E-state index contributed by atoms with van der Waals surface area (Å²) < 4.78 is 7.42. The molecular weight excluding hydrogens is 394 g/mol. The van der Waals surface area contributed by atoms with Crippen molar-refractivity contribution in [2.75, 3.05) is 29.2 Å². The maximum absolute atomic E-state index is 11.9. The molecular formula is C22H27N7O2. The molecule has 9 nitrogen and oxygen atoms in total. The Labute approximate surface area is 181 Å². The van der Waals surface area contributed by atoms with Crippen LogP contribution >= 0.6 is 0 Å². The monoisotopic (exact) mass is 421 g/mol. The van der Waals surface area contributed by atoms with Crippen molar-refractivity contribution in [1.29, 1.82) is 0 Å². The zero-order chi connectivity index (χ0) is 21.8. The summed E-state index contributed by atoms with van der Waals surface area (Å²) in [4.78, 5) is 22.6. The average Bonchev–Trinajstić information content (AvgIpc) is 3.24. The van der Waals surface area contributed by atoms with Gasteiger partial charge in [0, 0.05) is 31.9 Å². The summed E-state index contributed by atoms with van der Waals surface area (Å²) in [5, 5.41) is 10.5. The fourth-order valence-electron chi connectivity index (χ4n) is 3.38. The second-order valence-corrected chi connectivity index (χ2v) is 7.50. The number of fused-ring (bicyclic) bond motifs is 1. The van der Waals surface area contributed by atoms with Crippen LogP contribution in [0, 0.1) is 0 Å². The molecule has 0 bridgehead atoms. The molecule has 0 aliphatic carbocycles. The molecule has 0 unspecified atom stereocenters. The molecule has 0 fully saturated rings. The van der Waals surface area contributed by atoms with E-state index in [2.05, 4.69) is 37.8 Å². The molecule has 1 aliphatic rings. The first-order chi connectivity index (χ1) is 15.0. The number of likely N-dealkylation sites (N-methyl/N-ethyl adjacent to an activating group) is 1. The predicted octanol–water partition coefficient (Wildman–Crippen LogP) is 2.70. The Balaban J connectivity index is 1.32. The molecule has 1 aromatic carbocycles. The van der Waals surface area contributed by atoms with Crippen molar-refractivity contribution in [1.82, 2.24) is 19.7 Å². The lowest BCUT2D eigenvalue weighted by Crippen LogP contribution is -2.44. The fourth-order valence-corrected chi connectivity index (χ4v) is 3.38. The molecule has 1 atom stereocenters. The predicted molar refractivity (Wildman–Crippen MR) is 119 cm³/mol. The van der Waals surface area contributed by atoms with Gasteiger partial charge in [-0.2, -0.15) is 10.1 Å². The zero-order valence-corrected chi connectivity index (χ0v) is 18.0. The zero-order valence-electron chi connectivity index (χ0n) is 18.0. The van der Waals surface area contributed by atoms with Crippen molar-refractivity contribution in [3.63, 3.8) is 0 Å². The van der Waals surface area contributed by atoms with Crippen molar-refractivity contribution in [3.8, 4) is 5.75 Å². The van der Waals surface area contributed by atoms with Crippen LogP contribution in [-0.4, -0.2) is 45.4 Å². The molecule has 1 amide bonds. The molecule has 31 heavy (non-hydrogen) atoms. The second kappa shape index (κ2) is 9.03. The van der Waals surface area contributed by atoms with Crippen molar-refractivity contribution in [2.24, 2.45) is 0 Å². The van der Waals surface area contributed by atoms with Crippen LogP contribution < -0.4 is 20.3 Å². The van der Waals surface area contributed by atoms with Gasteiger partial charge >= 0.3 is 0 Å². The molecule has 162 valence electrons. The van der Waals surface area contributed by atoms with Gasteiger partial charge in [0.25, 0.3) is 0 Å². The van der Waals surface area contributed by atoms with Gasteiger partial charge in [0.2, 0.25) is 11.9 Å². The molecule has 0 saturated heterocycles. The standard InChI is InChI=1S/C22H27N7O2/c1-4-31-18-7-5-16(6-8-18)9-10-29-14-17(12-25-29)11-23-22-24-13-19-20(27-22)28(3)15(2)21(30)26-19/h5-8,12-15H,4,9-11H2,1-3H3,(H,26,30)(H,23,24,27)/t15-/m0/s1. The Bertz CT molecular complexity index is 1050. The molecule has 3 heterocycles. The van der Waals surface area contributed by atoms with Gasteiger partial charge in [-0.15, -0.1) is 0 Å². The summed E-state index contributed by atoms with van der Waals surface area (Å²) in [5.41, 5.74) is 2.91. The molecule has 0 saturated carbocycles. The minimum atomic E-state index is -0.274. The van der Waals surface area contributed by atoms with Crippen LogP contribution in [0.2, 0.25) is 0 Å². The number of ether oxygens (including phenoxy) is 1. The van der Waals surface area contributed by atoms with E-state index in [1.54, 1.807) is 6.20 Å². The summed E-state index contributed by atoms with van der Waals surface area (Å²) in [6.07, 6.45) is 6.39. The maximum Gasteiger partial charge on any atom is 0.246 e. The van der Waals surface area contributed by atoms with Crippen LogP contribution in [0.15, 0.2) is 42.9 Å². The number of aryl methyl sites for hydroxylation is 2. The highest BCUT2D eigenvalue weighted by atomic mass is 16.5. The van der Waals surface area contributed by atoms with Crippen LogP contribution in [0.25, 0.3) is 0 Å². The smallest absolute Gasteiger partial charge is 0.246 e. The lowest BCUT2D eigenvalue weighted by atomic mass is 10.1. The number of hydrogen-bond donors (Lipinski definition) is 2. The van der Waals surface area contributed by atoms with Crippen molar-refractivity contribution >= 4 is 23.4 Å². The van der Waals surface area contributed by atoms with E-state index in [-0.39, 0.29) is 11.9 Å². The highest BCUT2D eigenvalue weighted by Crippen LogP contribution is 2.28. The van der Waals surface area contributed by atoms with E-state index in [9.17, 15) is 4.79 Å². The minimum Gasteiger partial charge on any atom is -0.494 e. The third-order valence-electron chi connectivity index (χ3n) is 5.32. The van der Waals surface area contributed by atoms with E-state index < -0.39 is 0 Å². The third kappa shape index (κ3) is 4.76. The Kier molecular flexibility index (Phi) is 6.01. The molecule has 2 N–H and O–H groups in total. The van der Waals surface area contributed by atoms with Crippen LogP contribution in [0.3, 0.4) is 0 Å². The van der Waals surface area contributed by atoms with E-state index in [0.717, 1.165) is 24.3 Å². The summed E-state index contributed by atoms with van der Waals surface area (Å²) in [6, 6.07) is 7.90. The van der Waals surface area contributed by atoms with E-state index in [1.165, 1.54) is 5.56 Å². The van der Waals surface area contributed by atoms with E-state index in [4.69, 9.17) is 4.74 Å². The van der Waals surface area contributed by atoms with Crippen LogP contribution in [0.1, 0.15) is 25.0 Å². The molecule has 0 spiro atoms. The topological polar surface area (TPSA) is 97.2 Å². The van der Waals surface area contributed by atoms with Gasteiger partial charge in [0.15, 0.2) is 5.82 Å². The van der Waals surface area contributed by atoms with Crippen LogP contribution in [-0.2, 0) is 24.3 Å². The number of aromatic nitrogens is 4. The SMILES string of the molecule is CCOc1ccc(CCn2cc(CNc3ncc4c(n3)N(C)[C@@H](C)C(=O)N4)cn2)cc1. The summed E-state index contributed by atoms with van der Waals surface area (Å²) in [6.45, 7) is 5.86. The number of hydrogen-bond acceptors (Lipinski definition) is 7. The third-order valence-corrected chi connectivity index (χ3v) is 5.32. The Hall–Kier alpha value is -3.62. The minimum absolute atomic E-state index is 0.0584. The Morgan fingerprint density at radius 1 is 1.19 bits per heavy atom. The Morgan fingerprint density at radius 2 is 2.00 bits per heavy atom. The number of amides is 1. The van der Waals surface area contributed by atoms with Gasteiger partial charge in [-0.1, -0.05) is 12.1 Å². The second-order valence-electron chi connectivity index (χ2n) is 7.50. The first kappa shape index (κ1) is 20.6. The normalized spacial score (nSPS) is 15.4. The summed E-state index contributed by atoms with van der Waals surface area (Å²) in [5.74, 6) is 2.05. The lowest BCUT2D eigenvalue weighted by Gasteiger charge is -2.31. The van der Waals surface area contributed by atoms with Gasteiger partial charge in [-0.05, 0) is 38.0 Å². The maximum atomic E-state index is 11.9. The van der Waals surface area contributed by atoms with Crippen LogP contribution in [0.5, 0.6) is 5.75 Å². The number of benzene rings is 1. The highest BCUT2D eigenvalue weighted by Gasteiger charge is 2.28. The number of carbonyl (C=O) groups excluding carboxylic acids is 1. The molecule has 2 aromatic heterocycles. The van der Waals surface area contributed by atoms with Gasteiger partial charge < -0.3 is 20.3 Å². The van der Waals surface area contributed by atoms with E-state index in [1.807, 2.05) is 55.0 Å². The lowest BCUT2D eigenvalue weighted by molar-refractivity contribution is -0.117. The molecule has 1 aliphatic heterocycles. The molecule has 9 heteroatoms. The van der Waals surface area contributed by atoms with Crippen LogP contribution in [0.4, 0.5) is 17.5 Å². The van der Waals surface area contributed by atoms with Gasteiger partial charge in [0.1, 0.15) is 17.5 Å². The molecule has 3 aromatic rings.